The number of amides is 3. The normalized spacial score (nSPS) is 23.4. The molecule has 2 aliphatic heterocycles. The molecule has 2 saturated heterocycles. The molecule has 0 N–H and O–H groups in total. The Morgan fingerprint density at radius 1 is 1.14 bits per heavy atom. The van der Waals surface area contributed by atoms with Crippen LogP contribution >= 0.6 is 0 Å². The number of piperidine rings is 1. The smallest absolute Gasteiger partial charge is 0.343 e. The Hall–Kier alpha value is -2.38. The third kappa shape index (κ3) is 3.64. The van der Waals surface area contributed by atoms with E-state index in [1.807, 2.05) is 0 Å². The van der Waals surface area contributed by atoms with Crippen LogP contribution in [0, 0.1) is 0 Å². The van der Waals surface area contributed by atoms with Gasteiger partial charge in [0, 0.05) is 32.5 Å². The molecule has 1 aromatic rings. The summed E-state index contributed by atoms with van der Waals surface area (Å²) < 4.78 is 39.6. The second-order valence-corrected chi connectivity index (χ2v) is 7.40. The maximum atomic E-state index is 13.2. The van der Waals surface area contributed by atoms with Gasteiger partial charge in [0.25, 0.3) is 0 Å². The van der Waals surface area contributed by atoms with Gasteiger partial charge < -0.3 is 4.90 Å². The SMILES string of the molecule is CCN1C(=O)CC(CC(=O)N2CCCCC2)(c2cccc(C(F)(F)F)c2)C1=O. The summed E-state index contributed by atoms with van der Waals surface area (Å²) >= 11 is 0. The maximum absolute atomic E-state index is 13.2. The Morgan fingerprint density at radius 2 is 1.82 bits per heavy atom. The summed E-state index contributed by atoms with van der Waals surface area (Å²) in [6, 6.07) is 4.44. The van der Waals surface area contributed by atoms with Gasteiger partial charge in [0.15, 0.2) is 0 Å². The summed E-state index contributed by atoms with van der Waals surface area (Å²) in [5, 5.41) is 0. The Bertz CT molecular complexity index is 787. The number of hydrogen-bond acceptors (Lipinski definition) is 3. The van der Waals surface area contributed by atoms with Crippen LogP contribution in [0.25, 0.3) is 0 Å². The van der Waals surface area contributed by atoms with E-state index in [0.29, 0.717) is 13.1 Å². The number of carbonyl (C=O) groups is 3. The van der Waals surface area contributed by atoms with E-state index >= 15 is 0 Å². The number of alkyl halides is 3. The zero-order valence-corrected chi connectivity index (χ0v) is 15.7. The van der Waals surface area contributed by atoms with Gasteiger partial charge in [-0.05, 0) is 37.8 Å². The summed E-state index contributed by atoms with van der Waals surface area (Å²) in [6.45, 7) is 2.88. The molecule has 0 radical (unpaired) electrons. The average Bonchev–Trinajstić information content (AvgIpc) is 2.92. The number of imide groups is 1. The first-order valence-corrected chi connectivity index (χ1v) is 9.49. The van der Waals surface area contributed by atoms with Gasteiger partial charge in [-0.3, -0.25) is 19.3 Å². The van der Waals surface area contributed by atoms with E-state index in [0.717, 1.165) is 36.3 Å². The van der Waals surface area contributed by atoms with Crippen LogP contribution in [0.3, 0.4) is 0 Å². The van der Waals surface area contributed by atoms with Crippen LogP contribution in [0.5, 0.6) is 0 Å². The fourth-order valence-corrected chi connectivity index (χ4v) is 4.09. The molecule has 3 amide bonds. The zero-order valence-electron chi connectivity index (χ0n) is 15.7. The molecule has 1 unspecified atom stereocenters. The summed E-state index contributed by atoms with van der Waals surface area (Å²) in [6.07, 6.45) is -2.43. The van der Waals surface area contributed by atoms with Gasteiger partial charge >= 0.3 is 6.18 Å². The fourth-order valence-electron chi connectivity index (χ4n) is 4.09. The molecule has 1 atom stereocenters. The number of likely N-dealkylation sites (N-methyl/N-ethyl adjacent to an activating group) is 1. The number of rotatable bonds is 4. The lowest BCUT2D eigenvalue weighted by molar-refractivity contribution is -0.143. The van der Waals surface area contributed by atoms with Gasteiger partial charge in [-0.2, -0.15) is 13.2 Å². The highest BCUT2D eigenvalue weighted by Crippen LogP contribution is 2.42. The second-order valence-electron chi connectivity index (χ2n) is 7.40. The van der Waals surface area contributed by atoms with Crippen molar-refractivity contribution in [2.75, 3.05) is 19.6 Å². The Kier molecular flexibility index (Phi) is 5.50. The lowest BCUT2D eigenvalue weighted by atomic mass is 9.75. The standard InChI is InChI=1S/C20H23F3N2O3/c1-2-25-17(27)13-19(18(25)28,12-16(26)24-9-4-3-5-10-24)14-7-6-8-15(11-14)20(21,22)23/h6-8,11H,2-5,9-10,12-13H2,1H3. The minimum atomic E-state index is -4.58. The fraction of sp³-hybridized carbons (Fsp3) is 0.550. The van der Waals surface area contributed by atoms with E-state index in [-0.39, 0.29) is 30.9 Å². The monoisotopic (exact) mass is 396 g/mol. The molecule has 152 valence electrons. The van der Waals surface area contributed by atoms with Crippen molar-refractivity contribution in [2.24, 2.45) is 0 Å². The third-order valence-corrected chi connectivity index (χ3v) is 5.63. The number of halogens is 3. The topological polar surface area (TPSA) is 57.7 Å². The van der Waals surface area contributed by atoms with Gasteiger partial charge in [-0.25, -0.2) is 0 Å². The molecule has 0 aromatic heterocycles. The van der Waals surface area contributed by atoms with Gasteiger partial charge in [-0.15, -0.1) is 0 Å². The predicted octanol–water partition coefficient (Wildman–Crippen LogP) is 3.12. The van der Waals surface area contributed by atoms with Crippen molar-refractivity contribution in [1.29, 1.82) is 0 Å². The van der Waals surface area contributed by atoms with Gasteiger partial charge in [0.2, 0.25) is 17.7 Å². The lowest BCUT2D eigenvalue weighted by Gasteiger charge is -2.32. The van der Waals surface area contributed by atoms with Crippen molar-refractivity contribution in [3.05, 3.63) is 35.4 Å². The number of nitrogens with zero attached hydrogens (tertiary/aromatic N) is 2. The molecule has 0 spiro atoms. The molecular formula is C20H23F3N2O3. The summed E-state index contributed by atoms with van der Waals surface area (Å²) in [4.78, 5) is 41.1. The van der Waals surface area contributed by atoms with E-state index in [9.17, 15) is 27.6 Å². The minimum Gasteiger partial charge on any atom is -0.343 e. The van der Waals surface area contributed by atoms with Crippen molar-refractivity contribution in [3.63, 3.8) is 0 Å². The summed E-state index contributed by atoms with van der Waals surface area (Å²) in [5.41, 5.74) is -2.41. The van der Waals surface area contributed by atoms with Crippen molar-refractivity contribution in [2.45, 2.75) is 50.6 Å². The second kappa shape index (κ2) is 7.56. The molecule has 8 heteroatoms. The molecule has 2 heterocycles. The van der Waals surface area contributed by atoms with Crippen LogP contribution < -0.4 is 0 Å². The van der Waals surface area contributed by atoms with Crippen LogP contribution in [0.15, 0.2) is 24.3 Å². The number of carbonyl (C=O) groups excluding carboxylic acids is 3. The Morgan fingerprint density at radius 3 is 2.39 bits per heavy atom. The maximum Gasteiger partial charge on any atom is 0.416 e. The quantitative estimate of drug-likeness (QED) is 0.735. The zero-order chi connectivity index (χ0) is 20.5. The first kappa shape index (κ1) is 20.4. The van der Waals surface area contributed by atoms with Gasteiger partial charge in [0.05, 0.1) is 11.0 Å². The van der Waals surface area contributed by atoms with Crippen molar-refractivity contribution in [1.82, 2.24) is 9.80 Å². The summed E-state index contributed by atoms with van der Waals surface area (Å²) in [7, 11) is 0. The summed E-state index contributed by atoms with van der Waals surface area (Å²) in [5.74, 6) is -1.35. The Labute approximate surface area is 161 Å². The van der Waals surface area contributed by atoms with Crippen molar-refractivity contribution >= 4 is 17.7 Å². The van der Waals surface area contributed by atoms with E-state index in [1.54, 1.807) is 11.8 Å². The van der Waals surface area contributed by atoms with E-state index in [4.69, 9.17) is 0 Å². The molecule has 0 aliphatic carbocycles. The highest BCUT2D eigenvalue weighted by Gasteiger charge is 2.54. The molecule has 2 aliphatic rings. The highest BCUT2D eigenvalue weighted by molar-refractivity contribution is 6.10. The van der Waals surface area contributed by atoms with Crippen LogP contribution in [0.4, 0.5) is 13.2 Å². The van der Waals surface area contributed by atoms with E-state index < -0.39 is 29.0 Å². The minimum absolute atomic E-state index is 0.0713. The molecule has 5 nitrogen and oxygen atoms in total. The molecule has 28 heavy (non-hydrogen) atoms. The molecular weight excluding hydrogens is 373 g/mol. The van der Waals surface area contributed by atoms with E-state index in [2.05, 4.69) is 0 Å². The number of likely N-dealkylation sites (tertiary alicyclic amines) is 2. The molecule has 2 fully saturated rings. The molecule has 1 aromatic carbocycles. The number of hydrogen-bond donors (Lipinski definition) is 0. The van der Waals surface area contributed by atoms with E-state index in [1.165, 1.54) is 12.1 Å². The number of benzene rings is 1. The first-order chi connectivity index (χ1) is 13.2. The van der Waals surface area contributed by atoms with Crippen LogP contribution in [-0.2, 0) is 26.0 Å². The molecule has 3 rings (SSSR count). The third-order valence-electron chi connectivity index (χ3n) is 5.63. The Balaban J connectivity index is 2.02. The molecule has 0 saturated carbocycles. The lowest BCUT2D eigenvalue weighted by Crippen LogP contribution is -2.44. The van der Waals surface area contributed by atoms with Crippen LogP contribution in [0.1, 0.15) is 50.2 Å². The molecule has 0 bridgehead atoms. The van der Waals surface area contributed by atoms with Gasteiger partial charge in [-0.1, -0.05) is 18.2 Å². The average molecular weight is 396 g/mol. The highest BCUT2D eigenvalue weighted by atomic mass is 19.4. The van der Waals surface area contributed by atoms with Gasteiger partial charge in [0.1, 0.15) is 0 Å². The largest absolute Gasteiger partial charge is 0.416 e. The van der Waals surface area contributed by atoms with Crippen molar-refractivity contribution < 1.29 is 27.6 Å². The first-order valence-electron chi connectivity index (χ1n) is 9.49. The van der Waals surface area contributed by atoms with Crippen LogP contribution in [-0.4, -0.2) is 47.2 Å². The van der Waals surface area contributed by atoms with Crippen LogP contribution in [0.2, 0.25) is 0 Å². The van der Waals surface area contributed by atoms with Crippen molar-refractivity contribution in [3.8, 4) is 0 Å². The predicted molar refractivity (Wildman–Crippen MR) is 95.2 cm³/mol.